The minimum absolute atomic E-state index is 0.0579. The number of rotatable bonds is 9. The second-order valence-corrected chi connectivity index (χ2v) is 6.06. The van der Waals surface area contributed by atoms with Gasteiger partial charge in [-0.1, -0.05) is 32.4 Å². The predicted molar refractivity (Wildman–Crippen MR) is 96.4 cm³/mol. The molecule has 0 spiro atoms. The van der Waals surface area contributed by atoms with Gasteiger partial charge < -0.3 is 25.8 Å². The van der Waals surface area contributed by atoms with E-state index in [2.05, 4.69) is 10.6 Å². The molecule has 0 saturated carbocycles. The summed E-state index contributed by atoms with van der Waals surface area (Å²) in [7, 11) is 1.57. The van der Waals surface area contributed by atoms with Crippen molar-refractivity contribution in [3.05, 3.63) is 29.8 Å². The summed E-state index contributed by atoms with van der Waals surface area (Å²) in [6, 6.07) is 5.42. The average Bonchev–Trinajstić information content (AvgIpc) is 2.63. The fraction of sp³-hybridized carbons (Fsp3) is 0.500. The molecule has 3 atom stereocenters. The zero-order valence-electron chi connectivity index (χ0n) is 15.6. The molecule has 8 nitrogen and oxygen atoms in total. The topological polar surface area (TPSA) is 120 Å². The molecule has 26 heavy (non-hydrogen) atoms. The lowest BCUT2D eigenvalue weighted by Crippen LogP contribution is -2.54. The highest BCUT2D eigenvalue weighted by Crippen LogP contribution is 2.12. The Balaban J connectivity index is 2.63. The molecule has 4 N–H and O–H groups in total. The summed E-state index contributed by atoms with van der Waals surface area (Å²) >= 11 is 0. The van der Waals surface area contributed by atoms with E-state index >= 15 is 0 Å². The molecule has 0 aliphatic heterocycles. The van der Waals surface area contributed by atoms with Crippen molar-refractivity contribution in [1.29, 1.82) is 0 Å². The maximum atomic E-state index is 12.3. The summed E-state index contributed by atoms with van der Waals surface area (Å²) in [5, 5.41) is 5.04. The van der Waals surface area contributed by atoms with Crippen molar-refractivity contribution in [3.63, 3.8) is 0 Å². The molecule has 0 fully saturated rings. The number of ether oxygens (including phenoxy) is 2. The predicted octanol–water partition coefficient (Wildman–Crippen LogP) is 1.33. The van der Waals surface area contributed by atoms with Gasteiger partial charge in [0.1, 0.15) is 24.4 Å². The van der Waals surface area contributed by atoms with Gasteiger partial charge in [0.15, 0.2) is 0 Å². The summed E-state index contributed by atoms with van der Waals surface area (Å²) in [5.41, 5.74) is 5.94. The molecule has 1 rings (SSSR count). The number of alkyl carbamates (subject to hydrolysis) is 1. The Morgan fingerprint density at radius 3 is 2.23 bits per heavy atom. The largest absolute Gasteiger partial charge is 0.497 e. The van der Waals surface area contributed by atoms with Crippen LogP contribution < -0.4 is 21.1 Å². The molecule has 1 aromatic carbocycles. The number of primary amides is 1. The lowest BCUT2D eigenvalue weighted by Gasteiger charge is -2.24. The van der Waals surface area contributed by atoms with E-state index in [1.807, 2.05) is 13.8 Å². The molecule has 0 aliphatic carbocycles. The minimum Gasteiger partial charge on any atom is -0.497 e. The normalized spacial score (nSPS) is 13.8. The standard InChI is InChI=1S/C18H27N3O5/c1-5-11(2)15(17(23)20-12(3)16(19)22)21-18(24)26-10-13-6-8-14(25-4)9-7-13/h6-9,11-12,15H,5,10H2,1-4H3,(H2,19,22)(H,20,23)(H,21,24)/t11-,12-,15-/m0/s1. The Morgan fingerprint density at radius 2 is 1.73 bits per heavy atom. The van der Waals surface area contributed by atoms with Gasteiger partial charge in [0.2, 0.25) is 11.8 Å². The SMILES string of the molecule is CC[C@H](C)[C@H](NC(=O)OCc1ccc(OC)cc1)C(=O)N[C@@H](C)C(N)=O. The number of hydrogen-bond acceptors (Lipinski definition) is 5. The average molecular weight is 365 g/mol. The van der Waals surface area contributed by atoms with Gasteiger partial charge in [0.25, 0.3) is 0 Å². The van der Waals surface area contributed by atoms with Gasteiger partial charge in [-0.15, -0.1) is 0 Å². The van der Waals surface area contributed by atoms with Crippen LogP contribution in [0.4, 0.5) is 4.79 Å². The van der Waals surface area contributed by atoms with Crippen molar-refractivity contribution < 1.29 is 23.9 Å². The molecule has 144 valence electrons. The van der Waals surface area contributed by atoms with Crippen LogP contribution in [0, 0.1) is 5.92 Å². The van der Waals surface area contributed by atoms with Crippen molar-refractivity contribution >= 4 is 17.9 Å². The van der Waals surface area contributed by atoms with Crippen molar-refractivity contribution in [3.8, 4) is 5.75 Å². The molecule has 0 radical (unpaired) electrons. The van der Waals surface area contributed by atoms with E-state index in [-0.39, 0.29) is 12.5 Å². The van der Waals surface area contributed by atoms with Crippen LogP contribution in [-0.4, -0.2) is 37.1 Å². The lowest BCUT2D eigenvalue weighted by molar-refractivity contribution is -0.129. The fourth-order valence-electron chi connectivity index (χ4n) is 2.12. The Kier molecular flexibility index (Phi) is 8.41. The zero-order valence-corrected chi connectivity index (χ0v) is 15.6. The highest BCUT2D eigenvalue weighted by Gasteiger charge is 2.28. The van der Waals surface area contributed by atoms with Gasteiger partial charge in [0, 0.05) is 0 Å². The summed E-state index contributed by atoms with van der Waals surface area (Å²) < 4.78 is 10.2. The third-order valence-electron chi connectivity index (χ3n) is 4.08. The van der Waals surface area contributed by atoms with Crippen LogP contribution in [0.1, 0.15) is 32.8 Å². The van der Waals surface area contributed by atoms with E-state index in [1.165, 1.54) is 6.92 Å². The van der Waals surface area contributed by atoms with Crippen LogP contribution in [0.3, 0.4) is 0 Å². The number of methoxy groups -OCH3 is 1. The van der Waals surface area contributed by atoms with Crippen molar-refractivity contribution in [2.45, 2.75) is 45.9 Å². The van der Waals surface area contributed by atoms with E-state index in [4.69, 9.17) is 15.2 Å². The molecular weight excluding hydrogens is 338 g/mol. The summed E-state index contributed by atoms with van der Waals surface area (Å²) in [5.74, 6) is -0.575. The van der Waals surface area contributed by atoms with E-state index in [9.17, 15) is 14.4 Å². The fourth-order valence-corrected chi connectivity index (χ4v) is 2.12. The maximum absolute atomic E-state index is 12.3. The summed E-state index contributed by atoms with van der Waals surface area (Å²) in [6.07, 6.45) is -0.0603. The monoisotopic (exact) mass is 365 g/mol. The third-order valence-corrected chi connectivity index (χ3v) is 4.08. The molecule has 1 aromatic rings. The van der Waals surface area contributed by atoms with Gasteiger partial charge in [-0.25, -0.2) is 4.79 Å². The number of hydrogen-bond donors (Lipinski definition) is 3. The van der Waals surface area contributed by atoms with Crippen molar-refractivity contribution in [1.82, 2.24) is 10.6 Å². The minimum atomic E-state index is -0.829. The molecule has 0 saturated heterocycles. The van der Waals surface area contributed by atoms with E-state index < -0.39 is 30.0 Å². The summed E-state index contributed by atoms with van der Waals surface area (Å²) in [4.78, 5) is 35.5. The number of amides is 3. The number of carbonyl (C=O) groups excluding carboxylic acids is 3. The van der Waals surface area contributed by atoms with E-state index in [0.717, 1.165) is 5.56 Å². The molecule has 0 aliphatic rings. The van der Waals surface area contributed by atoms with Crippen molar-refractivity contribution in [2.75, 3.05) is 7.11 Å². The molecule has 0 unspecified atom stereocenters. The molecule has 0 aromatic heterocycles. The van der Waals surface area contributed by atoms with Crippen LogP contribution in [0.15, 0.2) is 24.3 Å². The highest BCUT2D eigenvalue weighted by molar-refractivity contribution is 5.90. The molecular formula is C18H27N3O5. The Labute approximate surface area is 153 Å². The molecule has 0 heterocycles. The van der Waals surface area contributed by atoms with Crippen molar-refractivity contribution in [2.24, 2.45) is 11.7 Å². The first-order chi connectivity index (χ1) is 12.3. The second-order valence-electron chi connectivity index (χ2n) is 6.06. The van der Waals surface area contributed by atoms with Crippen LogP contribution in [0.25, 0.3) is 0 Å². The van der Waals surface area contributed by atoms with E-state index in [1.54, 1.807) is 31.4 Å². The number of nitrogens with two attached hydrogens (primary N) is 1. The number of benzene rings is 1. The van der Waals surface area contributed by atoms with E-state index in [0.29, 0.717) is 12.2 Å². The lowest BCUT2D eigenvalue weighted by atomic mass is 9.98. The van der Waals surface area contributed by atoms with Crippen LogP contribution in [0.2, 0.25) is 0 Å². The first-order valence-electron chi connectivity index (χ1n) is 8.44. The molecule has 0 bridgehead atoms. The Bertz CT molecular complexity index is 618. The molecule has 3 amide bonds. The Morgan fingerprint density at radius 1 is 1.12 bits per heavy atom. The maximum Gasteiger partial charge on any atom is 0.408 e. The number of nitrogens with one attached hydrogen (secondary N) is 2. The van der Waals surface area contributed by atoms with Crippen LogP contribution >= 0.6 is 0 Å². The van der Waals surface area contributed by atoms with Gasteiger partial charge in [-0.3, -0.25) is 9.59 Å². The number of carbonyl (C=O) groups is 3. The van der Waals surface area contributed by atoms with Gasteiger partial charge in [-0.05, 0) is 30.5 Å². The Hall–Kier alpha value is -2.77. The second kappa shape index (κ2) is 10.3. The zero-order chi connectivity index (χ0) is 19.7. The van der Waals surface area contributed by atoms with Crippen LogP contribution in [0.5, 0.6) is 5.75 Å². The highest BCUT2D eigenvalue weighted by atomic mass is 16.5. The quantitative estimate of drug-likeness (QED) is 0.610. The summed E-state index contributed by atoms with van der Waals surface area (Å²) in [6.45, 7) is 5.26. The smallest absolute Gasteiger partial charge is 0.408 e. The van der Waals surface area contributed by atoms with Gasteiger partial charge in [0.05, 0.1) is 7.11 Å². The van der Waals surface area contributed by atoms with Gasteiger partial charge in [-0.2, -0.15) is 0 Å². The first-order valence-corrected chi connectivity index (χ1v) is 8.44. The van der Waals surface area contributed by atoms with Gasteiger partial charge >= 0.3 is 6.09 Å². The third kappa shape index (κ3) is 6.62. The first kappa shape index (κ1) is 21.3. The molecule has 8 heteroatoms. The van der Waals surface area contributed by atoms with Crippen LogP contribution in [-0.2, 0) is 20.9 Å².